The molecule has 72 heavy (non-hydrogen) atoms. The number of guanidine groups is 1. The van der Waals surface area contributed by atoms with E-state index in [0.717, 1.165) is 48.3 Å². The van der Waals surface area contributed by atoms with Gasteiger partial charge in [-0.3, -0.25) is 29.0 Å². The van der Waals surface area contributed by atoms with Crippen molar-refractivity contribution in [3.05, 3.63) is 108 Å². The number of aromatic hydroxyl groups is 1. The summed E-state index contributed by atoms with van der Waals surface area (Å²) in [6.07, 6.45) is 5.43. The number of hydrogen-bond donors (Lipinski definition) is 10. The van der Waals surface area contributed by atoms with Gasteiger partial charge < -0.3 is 68.2 Å². The van der Waals surface area contributed by atoms with E-state index in [2.05, 4.69) is 41.5 Å². The predicted molar refractivity (Wildman–Crippen MR) is 277 cm³/mol. The van der Waals surface area contributed by atoms with Gasteiger partial charge in [0.05, 0.1) is 26.9 Å². The van der Waals surface area contributed by atoms with Crippen molar-refractivity contribution >= 4 is 57.8 Å². The van der Waals surface area contributed by atoms with Crippen LogP contribution in [0, 0.1) is 5.92 Å². The fourth-order valence-corrected chi connectivity index (χ4v) is 9.22. The van der Waals surface area contributed by atoms with Crippen molar-refractivity contribution in [1.29, 1.82) is 0 Å². The number of morpholine rings is 1. The average Bonchev–Trinajstić information content (AvgIpc) is 3.78. The molecule has 4 aromatic carbocycles. The lowest BCUT2D eigenvalue weighted by molar-refractivity contribution is -0.134. The van der Waals surface area contributed by atoms with Crippen LogP contribution < -0.4 is 53.4 Å². The molecule has 1 saturated heterocycles. The number of carbonyl (C=O) groups is 5. The number of aromatic nitrogens is 1. The number of phenols is 1. The van der Waals surface area contributed by atoms with Gasteiger partial charge in [0.15, 0.2) is 5.96 Å². The number of aliphatic imine (C=N–C) groups is 1. The first kappa shape index (κ1) is 52.2. The van der Waals surface area contributed by atoms with Crippen molar-refractivity contribution in [2.75, 3.05) is 56.7 Å². The summed E-state index contributed by atoms with van der Waals surface area (Å²) in [5.74, 6) is -2.51. The van der Waals surface area contributed by atoms with Gasteiger partial charge in [-0.25, -0.2) is 0 Å². The molecule has 19 nitrogen and oxygen atoms in total. The minimum Gasteiger partial charge on any atom is -0.508 e. The van der Waals surface area contributed by atoms with Crippen molar-refractivity contribution in [3.63, 3.8) is 0 Å². The Balaban J connectivity index is 1.12. The molecule has 7 rings (SSSR count). The van der Waals surface area contributed by atoms with Crippen LogP contribution in [0.2, 0.25) is 0 Å². The Labute approximate surface area is 419 Å². The number of unbranched alkanes of at least 4 members (excludes halogenated alkanes) is 1. The first-order valence-corrected chi connectivity index (χ1v) is 24.6. The summed E-state index contributed by atoms with van der Waals surface area (Å²) in [5, 5.41) is 25.3. The van der Waals surface area contributed by atoms with E-state index in [0.29, 0.717) is 66.8 Å². The first-order valence-electron chi connectivity index (χ1n) is 24.6. The van der Waals surface area contributed by atoms with E-state index >= 15 is 0 Å². The largest absolute Gasteiger partial charge is 0.508 e. The molecule has 1 aliphatic heterocycles. The second-order valence-electron chi connectivity index (χ2n) is 18.4. The van der Waals surface area contributed by atoms with Crippen molar-refractivity contribution in [2.24, 2.45) is 28.1 Å². The molecule has 2 fully saturated rings. The number of benzene rings is 4. The Morgan fingerprint density at radius 3 is 2.29 bits per heavy atom. The topological polar surface area (TPSA) is 294 Å². The van der Waals surface area contributed by atoms with E-state index in [9.17, 15) is 29.1 Å². The molecule has 5 atom stereocenters. The number of nitrogens with zero attached hydrogens (tertiary/aromatic N) is 2. The van der Waals surface area contributed by atoms with Gasteiger partial charge in [0.1, 0.15) is 29.6 Å². The number of anilines is 2. The van der Waals surface area contributed by atoms with Crippen molar-refractivity contribution in [1.82, 2.24) is 26.3 Å². The molecular formula is C53H67N11O8. The van der Waals surface area contributed by atoms with Gasteiger partial charge in [0.2, 0.25) is 29.5 Å². The van der Waals surface area contributed by atoms with E-state index in [4.69, 9.17) is 26.7 Å². The zero-order valence-electron chi connectivity index (χ0n) is 40.7. The zero-order valence-corrected chi connectivity index (χ0v) is 40.7. The maximum absolute atomic E-state index is 14.7. The third kappa shape index (κ3) is 14.7. The normalized spacial score (nSPS) is 16.9. The molecule has 2 aliphatic rings. The van der Waals surface area contributed by atoms with Gasteiger partial charge in [-0.1, -0.05) is 48.9 Å². The van der Waals surface area contributed by atoms with Gasteiger partial charge in [0.25, 0.3) is 0 Å². The molecule has 0 radical (unpaired) electrons. The molecule has 1 saturated carbocycles. The van der Waals surface area contributed by atoms with Crippen molar-refractivity contribution in [2.45, 2.75) is 82.0 Å². The van der Waals surface area contributed by atoms with E-state index in [1.54, 1.807) is 43.6 Å². The number of aromatic amines is 1. The van der Waals surface area contributed by atoms with E-state index in [-0.39, 0.29) is 56.0 Å². The number of H-pyrrole nitrogens is 1. The molecule has 5 amide bonds. The van der Waals surface area contributed by atoms with Crippen LogP contribution in [0.4, 0.5) is 11.4 Å². The highest BCUT2D eigenvalue weighted by Crippen LogP contribution is 2.30. The van der Waals surface area contributed by atoms with Crippen LogP contribution >= 0.6 is 0 Å². The van der Waals surface area contributed by atoms with Crippen LogP contribution in [0.25, 0.3) is 22.0 Å². The van der Waals surface area contributed by atoms with Crippen LogP contribution in [0.1, 0.15) is 56.1 Å². The Kier molecular flexibility index (Phi) is 18.5. The number of nitrogens with one attached hydrogen (secondary N) is 6. The number of para-hydroxylation sites is 1. The molecule has 0 spiro atoms. The molecule has 3 unspecified atom stereocenters. The molecule has 19 heteroatoms. The number of rotatable bonds is 22. The number of hydrogen-bond acceptors (Lipinski definition) is 11. The van der Waals surface area contributed by atoms with Gasteiger partial charge in [-0.15, -0.1) is 0 Å². The number of amides is 5. The lowest BCUT2D eigenvalue weighted by Crippen LogP contribution is -2.58. The lowest BCUT2D eigenvalue weighted by Gasteiger charge is -2.29. The molecule has 2 heterocycles. The van der Waals surface area contributed by atoms with Crippen LogP contribution in [-0.2, 0) is 41.6 Å². The number of phenolic OH excluding ortho intramolecular Hbond substituents is 1. The minimum atomic E-state index is -1.26. The van der Waals surface area contributed by atoms with Gasteiger partial charge in [-0.05, 0) is 104 Å². The Hall–Kier alpha value is -7.64. The number of methoxy groups -OCH3 is 1. The monoisotopic (exact) mass is 986 g/mol. The fraction of sp³-hybridized carbons (Fsp3) is 0.396. The summed E-state index contributed by atoms with van der Waals surface area (Å²) in [6.45, 7) is 2.71. The summed E-state index contributed by atoms with van der Waals surface area (Å²) in [6, 6.07) is 23.6. The molecule has 1 aliphatic carbocycles. The SMILES string of the molecule is COc1ccccc1-c1ccc(CC(NC(=O)C(Cc2c[nH]c3ccc(O)cc23)NC(=O)[C@H]2CCC[C@H](N)C2)C(=O)NC(CCCCN=C(N)N)C(=O)NCC(=O)Nc2ccc(N3CCOCC3)cc2)cc1. The maximum atomic E-state index is 14.7. The smallest absolute Gasteiger partial charge is 0.243 e. The maximum Gasteiger partial charge on any atom is 0.243 e. The third-order valence-electron chi connectivity index (χ3n) is 13.1. The quantitative estimate of drug-likeness (QED) is 0.0272. The van der Waals surface area contributed by atoms with E-state index in [1.165, 1.54) is 0 Å². The fourth-order valence-electron chi connectivity index (χ4n) is 9.22. The molecule has 1 aromatic heterocycles. The highest BCUT2D eigenvalue weighted by molar-refractivity contribution is 5.98. The van der Waals surface area contributed by atoms with Crippen LogP contribution in [0.3, 0.4) is 0 Å². The minimum absolute atomic E-state index is 0.00551. The third-order valence-corrected chi connectivity index (χ3v) is 13.1. The lowest BCUT2D eigenvalue weighted by atomic mass is 9.85. The zero-order chi connectivity index (χ0) is 51.0. The predicted octanol–water partition coefficient (Wildman–Crippen LogP) is 3.34. The number of carbonyl (C=O) groups excluding carboxylic acids is 5. The van der Waals surface area contributed by atoms with Crippen molar-refractivity contribution < 1.29 is 38.6 Å². The van der Waals surface area contributed by atoms with Crippen LogP contribution in [0.15, 0.2) is 102 Å². The second-order valence-corrected chi connectivity index (χ2v) is 18.4. The Morgan fingerprint density at radius 1 is 0.847 bits per heavy atom. The van der Waals surface area contributed by atoms with Crippen molar-refractivity contribution in [3.8, 4) is 22.6 Å². The second kappa shape index (κ2) is 25.5. The van der Waals surface area contributed by atoms with Gasteiger partial charge in [-0.2, -0.15) is 0 Å². The molecular weight excluding hydrogens is 919 g/mol. The Bertz CT molecular complexity index is 2660. The summed E-state index contributed by atoms with van der Waals surface area (Å²) in [5.41, 5.74) is 22.7. The standard InChI is InChI=1S/C53H67N11O8/c1-71-47-11-3-2-9-41(47)34-14-12-33(13-15-34)27-45(63-52(70)46(62-49(67)35-7-6-8-37(54)28-35)29-36-31-58-43-21-20-40(65)30-42(36)43)51(69)61-44(10-4-5-22-57-53(55)56)50(68)59-32-48(66)60-38-16-18-39(19-17-38)64-23-25-72-26-24-64/h2-3,9,11-21,30-31,35,37,44-46,58,65H,4-8,10,22-29,32,54H2,1H3,(H,59,68)(H,60,66)(H,61,69)(H,62,67)(H,63,70)(H4,55,56,57)/t35-,37-,44?,45?,46?/m0/s1. The summed E-state index contributed by atoms with van der Waals surface area (Å²) in [7, 11) is 1.60. The average molecular weight is 986 g/mol. The molecule has 13 N–H and O–H groups in total. The van der Waals surface area contributed by atoms with Gasteiger partial charge in [0, 0.05) is 78.5 Å². The molecule has 5 aromatic rings. The molecule has 382 valence electrons. The highest BCUT2D eigenvalue weighted by Gasteiger charge is 2.33. The summed E-state index contributed by atoms with van der Waals surface area (Å²) in [4.78, 5) is 80.0. The van der Waals surface area contributed by atoms with Crippen LogP contribution in [-0.4, -0.2) is 116 Å². The van der Waals surface area contributed by atoms with Gasteiger partial charge >= 0.3 is 0 Å². The first-order chi connectivity index (χ1) is 34.8. The summed E-state index contributed by atoms with van der Waals surface area (Å²) >= 11 is 0. The molecule has 0 bridgehead atoms. The number of fused-ring (bicyclic) bond motifs is 1. The number of nitrogens with two attached hydrogens (primary N) is 3. The Morgan fingerprint density at radius 2 is 1.57 bits per heavy atom. The van der Waals surface area contributed by atoms with E-state index in [1.807, 2.05) is 60.7 Å². The van der Waals surface area contributed by atoms with E-state index < -0.39 is 47.7 Å². The van der Waals surface area contributed by atoms with Crippen LogP contribution in [0.5, 0.6) is 11.5 Å². The highest BCUT2D eigenvalue weighted by atomic mass is 16.5. The summed E-state index contributed by atoms with van der Waals surface area (Å²) < 4.78 is 11.0. The number of ether oxygens (including phenoxy) is 2.